The number of aromatic carboxylic acids is 1. The van der Waals surface area contributed by atoms with Gasteiger partial charge in [0, 0.05) is 30.2 Å². The average Bonchev–Trinajstić information content (AvgIpc) is 3.39. The van der Waals surface area contributed by atoms with E-state index in [1.54, 1.807) is 6.07 Å². The quantitative estimate of drug-likeness (QED) is 0.395. The zero-order valence-corrected chi connectivity index (χ0v) is 16.9. The van der Waals surface area contributed by atoms with Crippen LogP contribution in [0.4, 0.5) is 13.2 Å². The van der Waals surface area contributed by atoms with E-state index in [0.29, 0.717) is 18.5 Å². The van der Waals surface area contributed by atoms with Crippen LogP contribution in [0.5, 0.6) is 0 Å². The number of rotatable bonds is 8. The summed E-state index contributed by atoms with van der Waals surface area (Å²) in [7, 11) is 0. The summed E-state index contributed by atoms with van der Waals surface area (Å²) in [5.41, 5.74) is 1.65. The number of nitrogens with zero attached hydrogens (tertiary/aromatic N) is 2. The summed E-state index contributed by atoms with van der Waals surface area (Å²) in [6.45, 7) is 0.881. The lowest BCUT2D eigenvalue weighted by atomic mass is 10.1. The molecule has 32 heavy (non-hydrogen) atoms. The fourth-order valence-electron chi connectivity index (χ4n) is 3.61. The summed E-state index contributed by atoms with van der Waals surface area (Å²) in [6, 6.07) is 13.0. The molecule has 0 atom stereocenters. The highest BCUT2D eigenvalue weighted by molar-refractivity contribution is 5.84. The van der Waals surface area contributed by atoms with Gasteiger partial charge in [0.25, 0.3) is 0 Å². The minimum absolute atomic E-state index is 0.159. The van der Waals surface area contributed by atoms with Crippen molar-refractivity contribution in [1.82, 2.24) is 14.9 Å². The molecule has 2 N–H and O–H groups in total. The second-order valence-corrected chi connectivity index (χ2v) is 7.45. The number of aromatic amines is 1. The van der Waals surface area contributed by atoms with E-state index < -0.39 is 17.7 Å². The zero-order chi connectivity index (χ0) is 22.7. The fraction of sp³-hybridized carbons (Fsp3) is 0.217. The molecule has 6 nitrogen and oxygen atoms in total. The monoisotopic (exact) mass is 443 g/mol. The van der Waals surface area contributed by atoms with Gasteiger partial charge in [0.1, 0.15) is 6.26 Å². The lowest BCUT2D eigenvalue weighted by Gasteiger charge is -2.21. The highest BCUT2D eigenvalue weighted by Gasteiger charge is 2.30. The maximum atomic E-state index is 13.1. The first-order valence-electron chi connectivity index (χ1n) is 9.91. The number of hydrogen-bond acceptors (Lipinski definition) is 4. The summed E-state index contributed by atoms with van der Waals surface area (Å²) in [4.78, 5) is 20.1. The first-order chi connectivity index (χ1) is 15.3. The second kappa shape index (κ2) is 8.88. The van der Waals surface area contributed by atoms with Crippen molar-refractivity contribution in [1.29, 1.82) is 0 Å². The Morgan fingerprint density at radius 3 is 2.69 bits per heavy atom. The molecule has 2 aromatic heterocycles. The molecule has 0 aliphatic rings. The van der Waals surface area contributed by atoms with Crippen molar-refractivity contribution in [3.8, 4) is 0 Å². The van der Waals surface area contributed by atoms with E-state index in [9.17, 15) is 18.0 Å². The van der Waals surface area contributed by atoms with Crippen LogP contribution in [0, 0.1) is 0 Å². The first-order valence-corrected chi connectivity index (χ1v) is 9.91. The molecular weight excluding hydrogens is 423 g/mol. The average molecular weight is 443 g/mol. The molecule has 166 valence electrons. The van der Waals surface area contributed by atoms with Crippen LogP contribution in [0.15, 0.2) is 65.4 Å². The van der Waals surface area contributed by atoms with Crippen molar-refractivity contribution in [3.63, 3.8) is 0 Å². The molecule has 4 aromatic rings. The number of alkyl halides is 3. The highest BCUT2D eigenvalue weighted by Crippen LogP contribution is 2.30. The van der Waals surface area contributed by atoms with Crippen molar-refractivity contribution >= 4 is 16.9 Å². The third-order valence-corrected chi connectivity index (χ3v) is 5.16. The number of hydrogen-bond donors (Lipinski definition) is 2. The number of benzene rings is 2. The molecule has 9 heteroatoms. The third kappa shape index (κ3) is 5.00. The number of fused-ring (bicyclic) bond motifs is 1. The van der Waals surface area contributed by atoms with E-state index in [0.717, 1.165) is 34.9 Å². The van der Waals surface area contributed by atoms with Gasteiger partial charge >= 0.3 is 12.1 Å². The molecule has 0 aliphatic carbocycles. The highest BCUT2D eigenvalue weighted by atomic mass is 19.4. The largest absolute Gasteiger partial charge is 0.476 e. The third-order valence-electron chi connectivity index (χ3n) is 5.16. The van der Waals surface area contributed by atoms with Gasteiger partial charge in [-0.1, -0.05) is 36.4 Å². The number of H-pyrrole nitrogens is 1. The van der Waals surface area contributed by atoms with Gasteiger partial charge in [-0.3, -0.25) is 4.90 Å². The number of oxazole rings is 1. The number of halogens is 3. The fourth-order valence-corrected chi connectivity index (χ4v) is 3.61. The van der Waals surface area contributed by atoms with Gasteiger partial charge in [0.05, 0.1) is 12.1 Å². The Labute approximate surface area is 181 Å². The van der Waals surface area contributed by atoms with E-state index in [4.69, 9.17) is 9.52 Å². The number of carboxylic acids is 1. The molecule has 4 rings (SSSR count). The summed E-state index contributed by atoms with van der Waals surface area (Å²) in [6.07, 6.45) is -0.820. The predicted octanol–water partition coefficient (Wildman–Crippen LogP) is 5.12. The summed E-state index contributed by atoms with van der Waals surface area (Å²) >= 11 is 0. The molecule has 0 saturated carbocycles. The Kier molecular flexibility index (Phi) is 6.00. The number of para-hydroxylation sites is 1. The standard InChI is InChI=1S/C23H20F3N3O3/c24-23(25,26)17-5-3-4-15(10-17)12-29(13-21-28-20(14-32-21)22(30)31)9-8-16-11-27-19-7-2-1-6-18(16)19/h1-7,10-11,14,27H,8-9,12-13H2,(H,30,31). The summed E-state index contributed by atoms with van der Waals surface area (Å²) < 4.78 is 44.6. The number of nitrogens with one attached hydrogen (secondary N) is 1. The van der Waals surface area contributed by atoms with Gasteiger partial charge in [-0.15, -0.1) is 0 Å². The predicted molar refractivity (Wildman–Crippen MR) is 111 cm³/mol. The zero-order valence-electron chi connectivity index (χ0n) is 16.9. The van der Waals surface area contributed by atoms with Crippen molar-refractivity contribution in [2.75, 3.05) is 6.54 Å². The summed E-state index contributed by atoms with van der Waals surface area (Å²) in [5.74, 6) is -1.02. The van der Waals surface area contributed by atoms with Crippen molar-refractivity contribution in [2.24, 2.45) is 0 Å². The maximum absolute atomic E-state index is 13.1. The van der Waals surface area contributed by atoms with E-state index in [-0.39, 0.29) is 24.7 Å². The molecule has 0 fully saturated rings. The van der Waals surface area contributed by atoms with Gasteiger partial charge in [0.15, 0.2) is 5.69 Å². The van der Waals surface area contributed by atoms with Crippen LogP contribution in [0.1, 0.15) is 33.1 Å². The lowest BCUT2D eigenvalue weighted by Crippen LogP contribution is -2.26. The Hall–Kier alpha value is -3.59. The molecular formula is C23H20F3N3O3. The molecule has 0 saturated heterocycles. The normalized spacial score (nSPS) is 12.0. The summed E-state index contributed by atoms with van der Waals surface area (Å²) in [5, 5.41) is 10.1. The number of aromatic nitrogens is 2. The van der Waals surface area contributed by atoms with E-state index in [1.165, 1.54) is 6.07 Å². The number of carbonyl (C=O) groups is 1. The van der Waals surface area contributed by atoms with Crippen molar-refractivity contribution in [3.05, 3.63) is 89.3 Å². The van der Waals surface area contributed by atoms with Crippen LogP contribution < -0.4 is 0 Å². The van der Waals surface area contributed by atoms with Gasteiger partial charge in [-0.05, 0) is 29.7 Å². The van der Waals surface area contributed by atoms with Crippen LogP contribution in [0.3, 0.4) is 0 Å². The van der Waals surface area contributed by atoms with Gasteiger partial charge in [-0.2, -0.15) is 13.2 Å². The van der Waals surface area contributed by atoms with E-state index >= 15 is 0 Å². The molecule has 0 radical (unpaired) electrons. The van der Waals surface area contributed by atoms with E-state index in [1.807, 2.05) is 35.4 Å². The van der Waals surface area contributed by atoms with Crippen molar-refractivity contribution in [2.45, 2.75) is 25.7 Å². The molecule has 0 amide bonds. The molecule has 0 aliphatic heterocycles. The Morgan fingerprint density at radius 2 is 1.94 bits per heavy atom. The minimum Gasteiger partial charge on any atom is -0.476 e. The maximum Gasteiger partial charge on any atom is 0.416 e. The van der Waals surface area contributed by atoms with Gasteiger partial charge in [-0.25, -0.2) is 9.78 Å². The van der Waals surface area contributed by atoms with Crippen LogP contribution in [0.2, 0.25) is 0 Å². The minimum atomic E-state index is -4.43. The lowest BCUT2D eigenvalue weighted by molar-refractivity contribution is -0.137. The first kappa shape index (κ1) is 21.6. The Balaban J connectivity index is 1.55. The SMILES string of the molecule is O=C(O)c1coc(CN(CCc2c[nH]c3ccccc23)Cc2cccc(C(F)(F)F)c2)n1. The Bertz CT molecular complexity index is 1230. The van der Waals surface area contributed by atoms with Crippen LogP contribution in [0.25, 0.3) is 10.9 Å². The van der Waals surface area contributed by atoms with Crippen LogP contribution in [-0.2, 0) is 25.7 Å². The van der Waals surface area contributed by atoms with E-state index in [2.05, 4.69) is 9.97 Å². The van der Waals surface area contributed by atoms with Gasteiger partial charge in [0.2, 0.25) is 5.89 Å². The van der Waals surface area contributed by atoms with Crippen LogP contribution in [-0.4, -0.2) is 32.5 Å². The topological polar surface area (TPSA) is 82.4 Å². The molecule has 0 spiro atoms. The Morgan fingerprint density at radius 1 is 1.12 bits per heavy atom. The molecule has 2 aromatic carbocycles. The van der Waals surface area contributed by atoms with Crippen molar-refractivity contribution < 1.29 is 27.5 Å². The second-order valence-electron chi connectivity index (χ2n) is 7.45. The molecule has 0 unspecified atom stereocenters. The molecule has 0 bridgehead atoms. The smallest absolute Gasteiger partial charge is 0.416 e. The van der Waals surface area contributed by atoms with Gasteiger partial charge < -0.3 is 14.5 Å². The number of carboxylic acid groups (broad SMARTS) is 1. The van der Waals surface area contributed by atoms with Crippen LogP contribution >= 0.6 is 0 Å². The molecule has 2 heterocycles.